The summed E-state index contributed by atoms with van der Waals surface area (Å²) in [5, 5.41) is 30.9. The van der Waals surface area contributed by atoms with Gasteiger partial charge in [0, 0.05) is 24.5 Å². The predicted molar refractivity (Wildman–Crippen MR) is 84.6 cm³/mol. The van der Waals surface area contributed by atoms with Crippen LogP contribution in [-0.4, -0.2) is 50.0 Å². The van der Waals surface area contributed by atoms with Crippen LogP contribution in [0.1, 0.15) is 27.8 Å². The van der Waals surface area contributed by atoms with Crippen molar-refractivity contribution in [2.75, 3.05) is 6.54 Å². The molecule has 1 aromatic heterocycles. The molecule has 0 bridgehead atoms. The maximum atomic E-state index is 11.6. The zero-order chi connectivity index (χ0) is 18.2. The fourth-order valence-electron chi connectivity index (χ4n) is 1.90. The SMILES string of the molecule is O=C(NCC(O)C(O)c1cnc(C(=O)O)nc1)OCc1ccccc1. The molecule has 132 valence electrons. The summed E-state index contributed by atoms with van der Waals surface area (Å²) in [4.78, 5) is 29.3. The third kappa shape index (κ3) is 5.52. The summed E-state index contributed by atoms with van der Waals surface area (Å²) in [7, 11) is 0. The Morgan fingerprint density at radius 1 is 1.12 bits per heavy atom. The van der Waals surface area contributed by atoms with Gasteiger partial charge in [-0.1, -0.05) is 30.3 Å². The van der Waals surface area contributed by atoms with Gasteiger partial charge in [-0.25, -0.2) is 19.6 Å². The molecule has 2 unspecified atom stereocenters. The summed E-state index contributed by atoms with van der Waals surface area (Å²) in [5.41, 5.74) is 0.936. The Balaban J connectivity index is 1.79. The lowest BCUT2D eigenvalue weighted by Gasteiger charge is -2.18. The number of nitrogens with zero attached hydrogens (tertiary/aromatic N) is 2. The van der Waals surface area contributed by atoms with Crippen LogP contribution < -0.4 is 5.32 Å². The number of benzene rings is 1. The minimum Gasteiger partial charge on any atom is -0.475 e. The largest absolute Gasteiger partial charge is 0.475 e. The van der Waals surface area contributed by atoms with E-state index in [0.29, 0.717) is 0 Å². The minimum atomic E-state index is -1.39. The smallest absolute Gasteiger partial charge is 0.407 e. The van der Waals surface area contributed by atoms with Crippen LogP contribution in [-0.2, 0) is 11.3 Å². The zero-order valence-corrected chi connectivity index (χ0v) is 13.1. The maximum absolute atomic E-state index is 11.6. The normalized spacial score (nSPS) is 12.9. The first-order valence-corrected chi connectivity index (χ1v) is 7.33. The third-order valence-corrected chi connectivity index (χ3v) is 3.24. The first kappa shape index (κ1) is 18.3. The quantitative estimate of drug-likeness (QED) is 0.567. The van der Waals surface area contributed by atoms with Crippen LogP contribution in [0.3, 0.4) is 0 Å². The average molecular weight is 347 g/mol. The number of amides is 1. The van der Waals surface area contributed by atoms with E-state index in [1.165, 1.54) is 0 Å². The van der Waals surface area contributed by atoms with Crippen LogP contribution >= 0.6 is 0 Å². The summed E-state index contributed by atoms with van der Waals surface area (Å²) < 4.78 is 4.97. The third-order valence-electron chi connectivity index (χ3n) is 3.24. The molecular formula is C16H17N3O6. The van der Waals surface area contributed by atoms with Crippen molar-refractivity contribution in [3.05, 3.63) is 59.7 Å². The topological polar surface area (TPSA) is 142 Å². The van der Waals surface area contributed by atoms with Crippen molar-refractivity contribution in [1.29, 1.82) is 0 Å². The van der Waals surface area contributed by atoms with E-state index in [0.717, 1.165) is 18.0 Å². The van der Waals surface area contributed by atoms with Crippen molar-refractivity contribution >= 4 is 12.1 Å². The van der Waals surface area contributed by atoms with Gasteiger partial charge in [-0.3, -0.25) is 0 Å². The number of aliphatic hydroxyl groups excluding tert-OH is 2. The highest BCUT2D eigenvalue weighted by Crippen LogP contribution is 2.14. The Morgan fingerprint density at radius 2 is 1.76 bits per heavy atom. The molecule has 1 heterocycles. The number of hydrogen-bond acceptors (Lipinski definition) is 7. The van der Waals surface area contributed by atoms with Crippen LogP contribution in [0.4, 0.5) is 4.79 Å². The van der Waals surface area contributed by atoms with Gasteiger partial charge in [-0.2, -0.15) is 0 Å². The van der Waals surface area contributed by atoms with Gasteiger partial charge < -0.3 is 25.4 Å². The second kappa shape index (κ2) is 8.71. The molecule has 1 aromatic carbocycles. The van der Waals surface area contributed by atoms with Gasteiger partial charge in [0.2, 0.25) is 5.82 Å². The highest BCUT2D eigenvalue weighted by molar-refractivity contribution is 5.82. The number of carbonyl (C=O) groups is 2. The molecule has 2 aromatic rings. The first-order chi connectivity index (χ1) is 12.0. The van der Waals surface area contributed by atoms with Crippen LogP contribution in [0, 0.1) is 0 Å². The molecule has 0 spiro atoms. The number of hydrogen-bond donors (Lipinski definition) is 4. The molecule has 2 atom stereocenters. The van der Waals surface area contributed by atoms with E-state index in [-0.39, 0.29) is 18.7 Å². The number of carboxylic acids is 1. The number of aromatic carboxylic acids is 1. The Bertz CT molecular complexity index is 708. The number of carbonyl (C=O) groups excluding carboxylic acids is 1. The summed E-state index contributed by atoms with van der Waals surface area (Å²) in [6, 6.07) is 9.07. The molecule has 1 amide bonds. The van der Waals surface area contributed by atoms with E-state index in [9.17, 15) is 19.8 Å². The Labute approximate surface area is 142 Å². The summed E-state index contributed by atoms with van der Waals surface area (Å²) in [6.45, 7) is -0.189. The lowest BCUT2D eigenvalue weighted by molar-refractivity contribution is 0.0179. The highest BCUT2D eigenvalue weighted by atomic mass is 16.5. The van der Waals surface area contributed by atoms with Crippen molar-refractivity contribution < 1.29 is 29.6 Å². The van der Waals surface area contributed by atoms with Gasteiger partial charge in [-0.15, -0.1) is 0 Å². The van der Waals surface area contributed by atoms with Crippen LogP contribution in [0.15, 0.2) is 42.7 Å². The molecule has 0 aliphatic carbocycles. The summed E-state index contributed by atoms with van der Waals surface area (Å²) in [6.07, 6.45) is -1.29. The lowest BCUT2D eigenvalue weighted by Crippen LogP contribution is -2.35. The van der Waals surface area contributed by atoms with Gasteiger partial charge in [0.15, 0.2) is 0 Å². The lowest BCUT2D eigenvalue weighted by atomic mass is 10.1. The van der Waals surface area contributed by atoms with Crippen molar-refractivity contribution in [3.63, 3.8) is 0 Å². The number of alkyl carbamates (subject to hydrolysis) is 1. The molecule has 9 nitrogen and oxygen atoms in total. The molecule has 2 rings (SSSR count). The van der Waals surface area contributed by atoms with E-state index in [2.05, 4.69) is 15.3 Å². The van der Waals surface area contributed by atoms with Crippen LogP contribution in [0.25, 0.3) is 0 Å². The first-order valence-electron chi connectivity index (χ1n) is 7.33. The standard InChI is InChI=1S/C16H17N3O6/c20-12(13(21)11-6-17-14(15(22)23)18-7-11)8-19-16(24)25-9-10-4-2-1-3-5-10/h1-7,12-13,20-21H,8-9H2,(H,19,24)(H,22,23). The molecule has 9 heteroatoms. The molecule has 25 heavy (non-hydrogen) atoms. The molecule has 0 aliphatic rings. The average Bonchev–Trinajstić information content (AvgIpc) is 2.64. The molecule has 0 saturated carbocycles. The second-order valence-corrected chi connectivity index (χ2v) is 5.10. The number of rotatable bonds is 7. The Morgan fingerprint density at radius 3 is 2.36 bits per heavy atom. The van der Waals surface area contributed by atoms with Crippen molar-refractivity contribution in [3.8, 4) is 0 Å². The fourth-order valence-corrected chi connectivity index (χ4v) is 1.90. The number of aliphatic hydroxyl groups is 2. The van der Waals surface area contributed by atoms with E-state index in [4.69, 9.17) is 9.84 Å². The predicted octanol–water partition coefficient (Wildman–Crippen LogP) is 0.495. The number of carboxylic acid groups (broad SMARTS) is 1. The maximum Gasteiger partial charge on any atom is 0.407 e. The van der Waals surface area contributed by atoms with Gasteiger partial charge in [0.05, 0.1) is 0 Å². The second-order valence-electron chi connectivity index (χ2n) is 5.10. The van der Waals surface area contributed by atoms with Gasteiger partial charge in [-0.05, 0) is 5.56 Å². The zero-order valence-electron chi connectivity index (χ0n) is 13.1. The summed E-state index contributed by atoms with van der Waals surface area (Å²) in [5.74, 6) is -1.72. The van der Waals surface area contributed by atoms with Crippen molar-refractivity contribution in [1.82, 2.24) is 15.3 Å². The van der Waals surface area contributed by atoms with Crippen molar-refractivity contribution in [2.45, 2.75) is 18.8 Å². The number of nitrogens with one attached hydrogen (secondary N) is 1. The van der Waals surface area contributed by atoms with E-state index in [1.807, 2.05) is 18.2 Å². The monoisotopic (exact) mass is 347 g/mol. The van der Waals surface area contributed by atoms with Gasteiger partial charge >= 0.3 is 12.1 Å². The minimum absolute atomic E-state index is 0.0792. The Kier molecular flexibility index (Phi) is 6.38. The van der Waals surface area contributed by atoms with Crippen LogP contribution in [0.2, 0.25) is 0 Å². The van der Waals surface area contributed by atoms with E-state index >= 15 is 0 Å². The molecular weight excluding hydrogens is 330 g/mol. The molecule has 0 radical (unpaired) electrons. The van der Waals surface area contributed by atoms with E-state index in [1.54, 1.807) is 12.1 Å². The van der Waals surface area contributed by atoms with Gasteiger partial charge in [0.25, 0.3) is 0 Å². The molecule has 0 saturated heterocycles. The number of ether oxygens (including phenoxy) is 1. The van der Waals surface area contributed by atoms with E-state index < -0.39 is 30.1 Å². The van der Waals surface area contributed by atoms with Crippen LogP contribution in [0.5, 0.6) is 0 Å². The fraction of sp³-hybridized carbons (Fsp3) is 0.250. The summed E-state index contributed by atoms with van der Waals surface area (Å²) >= 11 is 0. The number of aromatic nitrogens is 2. The molecule has 0 aliphatic heterocycles. The molecule has 4 N–H and O–H groups in total. The van der Waals surface area contributed by atoms with Crippen molar-refractivity contribution in [2.24, 2.45) is 0 Å². The Hall–Kier alpha value is -3.04. The highest BCUT2D eigenvalue weighted by Gasteiger charge is 2.21. The molecule has 0 fully saturated rings. The van der Waals surface area contributed by atoms with Gasteiger partial charge in [0.1, 0.15) is 18.8 Å².